The summed E-state index contributed by atoms with van der Waals surface area (Å²) in [5.41, 5.74) is 1.20. The van der Waals surface area contributed by atoms with Crippen LogP contribution in [0.1, 0.15) is 27.1 Å². The molecule has 0 unspecified atom stereocenters. The number of likely N-dealkylation sites (tertiary alicyclic amines) is 1. The van der Waals surface area contributed by atoms with E-state index in [0.29, 0.717) is 22.5 Å². The summed E-state index contributed by atoms with van der Waals surface area (Å²) in [5, 5.41) is 0. The van der Waals surface area contributed by atoms with Crippen molar-refractivity contribution in [2.75, 3.05) is 13.2 Å². The molecule has 0 aromatic heterocycles. The zero-order chi connectivity index (χ0) is 20.8. The average molecular weight is 464 g/mol. The van der Waals surface area contributed by atoms with Crippen LogP contribution in [0.5, 0.6) is 0 Å². The number of carbonyl (C=O) groups is 2. The fourth-order valence-electron chi connectivity index (χ4n) is 3.63. The fraction of sp³-hybridized carbons (Fsp3) is 0.200. The van der Waals surface area contributed by atoms with Crippen LogP contribution >= 0.6 is 0 Å². The molecule has 0 radical (unpaired) electrons. The van der Waals surface area contributed by atoms with Crippen molar-refractivity contribution in [1.82, 2.24) is 4.90 Å². The summed E-state index contributed by atoms with van der Waals surface area (Å²) in [4.78, 5) is 27.8. The third-order valence-corrected chi connectivity index (χ3v) is 7.68. The summed E-state index contributed by atoms with van der Waals surface area (Å²) in [6.45, 7) is 0.907. The van der Waals surface area contributed by atoms with Crippen molar-refractivity contribution in [2.45, 2.75) is 17.3 Å². The number of nitrogens with zero attached hydrogens (tertiary/aromatic N) is 1. The third kappa shape index (κ3) is 4.99. The summed E-state index contributed by atoms with van der Waals surface area (Å²) in [5.74, 6) is -0.345. The number of esters is 1. The van der Waals surface area contributed by atoms with Gasteiger partial charge in [-0.3, -0.25) is 0 Å². The molecule has 30 heavy (non-hydrogen) atoms. The van der Waals surface area contributed by atoms with Crippen LogP contribution in [-0.4, -0.2) is 50.9 Å². The van der Waals surface area contributed by atoms with E-state index >= 15 is 0 Å². The minimum absolute atomic E-state index is 0.00252. The van der Waals surface area contributed by atoms with Crippen LogP contribution in [0.3, 0.4) is 0 Å². The fourth-order valence-corrected chi connectivity index (χ4v) is 6.26. The molecule has 5 heteroatoms. The van der Waals surface area contributed by atoms with E-state index in [0.717, 1.165) is 6.42 Å². The Morgan fingerprint density at radius 1 is 0.833 bits per heavy atom. The van der Waals surface area contributed by atoms with Crippen molar-refractivity contribution in [3.8, 4) is 0 Å². The van der Waals surface area contributed by atoms with Crippen LogP contribution in [0.25, 0.3) is 0 Å². The van der Waals surface area contributed by atoms with Gasteiger partial charge in [0.15, 0.2) is 0 Å². The molecule has 0 N–H and O–H groups in total. The van der Waals surface area contributed by atoms with Crippen molar-refractivity contribution in [3.05, 3.63) is 102 Å². The molecule has 3 aromatic carbocycles. The summed E-state index contributed by atoms with van der Waals surface area (Å²) in [6.07, 6.45) is 0.843. The maximum atomic E-state index is 13.2. The molecule has 1 aliphatic rings. The molecule has 3 aromatic rings. The number of rotatable bonds is 6. The molecule has 0 bridgehead atoms. The molecule has 0 saturated carbocycles. The van der Waals surface area contributed by atoms with E-state index in [2.05, 4.69) is 24.3 Å². The number of benzene rings is 3. The Bertz CT molecular complexity index is 979. The Morgan fingerprint density at radius 3 is 2.03 bits per heavy atom. The number of ether oxygens (including phenoxy) is 1. The Kier molecular flexibility index (Phi) is 6.63. The van der Waals surface area contributed by atoms with Crippen molar-refractivity contribution in [1.29, 1.82) is 0 Å². The second-order valence-electron chi connectivity index (χ2n) is 7.23. The van der Waals surface area contributed by atoms with Crippen LogP contribution in [-0.2, 0) is 4.74 Å². The molecular formula is C25H23NO3Se. The van der Waals surface area contributed by atoms with E-state index in [-0.39, 0.29) is 39.5 Å². The SMILES string of the molecule is O=C(OC[C@@H]1C[C@H]([Se]c2ccccc2)CN1C(=O)c1ccccc1)c1ccccc1. The van der Waals surface area contributed by atoms with Gasteiger partial charge >= 0.3 is 183 Å². The Labute approximate surface area is 183 Å². The maximum absolute atomic E-state index is 13.2. The molecule has 1 heterocycles. The Morgan fingerprint density at radius 2 is 1.40 bits per heavy atom. The molecule has 4 nitrogen and oxygen atoms in total. The first-order valence-corrected chi connectivity index (χ1v) is 11.8. The molecule has 4 rings (SSSR count). The van der Waals surface area contributed by atoms with Crippen molar-refractivity contribution in [3.63, 3.8) is 0 Å². The summed E-state index contributed by atoms with van der Waals surface area (Å²) >= 11 is 0.259. The predicted molar refractivity (Wildman–Crippen MR) is 118 cm³/mol. The van der Waals surface area contributed by atoms with Gasteiger partial charge in [-0.15, -0.1) is 0 Å². The molecule has 1 amide bonds. The molecule has 1 fully saturated rings. The second-order valence-corrected chi connectivity index (χ2v) is 10.1. The van der Waals surface area contributed by atoms with E-state index in [9.17, 15) is 9.59 Å². The van der Waals surface area contributed by atoms with Gasteiger partial charge in [0.1, 0.15) is 0 Å². The van der Waals surface area contributed by atoms with Gasteiger partial charge < -0.3 is 0 Å². The number of amides is 1. The van der Waals surface area contributed by atoms with Gasteiger partial charge in [0.25, 0.3) is 0 Å². The van der Waals surface area contributed by atoms with Gasteiger partial charge in [0, 0.05) is 0 Å². The topological polar surface area (TPSA) is 46.6 Å². The minimum atomic E-state index is -0.347. The van der Waals surface area contributed by atoms with Gasteiger partial charge in [-0.2, -0.15) is 0 Å². The molecular weight excluding hydrogens is 441 g/mol. The van der Waals surface area contributed by atoms with Gasteiger partial charge in [-0.1, -0.05) is 0 Å². The second kappa shape index (κ2) is 9.75. The normalized spacial score (nSPS) is 18.2. The van der Waals surface area contributed by atoms with E-state index in [1.54, 1.807) is 12.1 Å². The number of hydrogen-bond acceptors (Lipinski definition) is 3. The third-order valence-electron chi connectivity index (χ3n) is 5.12. The van der Waals surface area contributed by atoms with Crippen molar-refractivity contribution < 1.29 is 14.3 Å². The van der Waals surface area contributed by atoms with Gasteiger partial charge in [0.05, 0.1) is 0 Å². The monoisotopic (exact) mass is 465 g/mol. The zero-order valence-corrected chi connectivity index (χ0v) is 18.2. The number of hydrogen-bond donors (Lipinski definition) is 0. The first-order chi connectivity index (χ1) is 14.7. The first kappa shape index (κ1) is 20.4. The van der Waals surface area contributed by atoms with E-state index in [1.807, 2.05) is 59.5 Å². The van der Waals surface area contributed by atoms with Crippen molar-refractivity contribution >= 4 is 31.3 Å². The standard InChI is InChI=1S/C25H23NO3Se/c27-24(19-10-4-1-5-11-19)26-17-23(30-22-14-8-3-9-15-22)16-21(26)18-29-25(28)20-12-6-2-7-13-20/h1-15,21,23H,16-18H2/t21-,23-/m0/s1. The Balaban J connectivity index is 1.47. The van der Waals surface area contributed by atoms with Crippen molar-refractivity contribution in [2.24, 2.45) is 0 Å². The van der Waals surface area contributed by atoms with E-state index in [1.165, 1.54) is 4.46 Å². The van der Waals surface area contributed by atoms with E-state index in [4.69, 9.17) is 4.74 Å². The summed E-state index contributed by atoms with van der Waals surface area (Å²) in [6, 6.07) is 28.6. The molecule has 0 aliphatic carbocycles. The molecule has 1 saturated heterocycles. The van der Waals surface area contributed by atoms with Crippen LogP contribution in [0, 0.1) is 0 Å². The number of carbonyl (C=O) groups excluding carboxylic acids is 2. The van der Waals surface area contributed by atoms with Crippen LogP contribution in [0.4, 0.5) is 0 Å². The molecule has 0 spiro atoms. The van der Waals surface area contributed by atoms with Crippen LogP contribution in [0.2, 0.25) is 4.82 Å². The quantitative estimate of drug-likeness (QED) is 0.414. The molecule has 1 aliphatic heterocycles. The van der Waals surface area contributed by atoms with E-state index < -0.39 is 0 Å². The zero-order valence-electron chi connectivity index (χ0n) is 16.5. The van der Waals surface area contributed by atoms with Gasteiger partial charge in [-0.05, 0) is 0 Å². The average Bonchev–Trinajstić information content (AvgIpc) is 3.21. The van der Waals surface area contributed by atoms with Crippen LogP contribution < -0.4 is 4.46 Å². The molecule has 152 valence electrons. The Hall–Kier alpha value is -2.88. The summed E-state index contributed by atoms with van der Waals surface area (Å²) in [7, 11) is 0. The molecule has 2 atom stereocenters. The predicted octanol–water partition coefficient (Wildman–Crippen LogP) is 3.58. The van der Waals surface area contributed by atoms with Gasteiger partial charge in [0.2, 0.25) is 0 Å². The summed E-state index contributed by atoms with van der Waals surface area (Å²) < 4.78 is 6.92. The van der Waals surface area contributed by atoms with Crippen LogP contribution in [0.15, 0.2) is 91.0 Å². The van der Waals surface area contributed by atoms with Gasteiger partial charge in [-0.25, -0.2) is 0 Å². The first-order valence-electron chi connectivity index (χ1n) is 10.0.